The van der Waals surface area contributed by atoms with Gasteiger partial charge in [-0.05, 0) is 30.9 Å². The zero-order valence-corrected chi connectivity index (χ0v) is 13.3. The smallest absolute Gasteiger partial charge is 0.306 e. The summed E-state index contributed by atoms with van der Waals surface area (Å²) in [6.45, 7) is -0.324. The first kappa shape index (κ1) is 16.9. The monoisotopic (exact) mass is 319 g/mol. The molecule has 0 spiro atoms. The number of nitrogens with one attached hydrogen (secondary N) is 1. The Morgan fingerprint density at radius 2 is 2.09 bits per heavy atom. The number of benzene rings is 1. The van der Waals surface area contributed by atoms with Crippen molar-refractivity contribution in [1.82, 2.24) is 0 Å². The maximum Gasteiger partial charge on any atom is 0.306 e. The van der Waals surface area contributed by atoms with Crippen LogP contribution in [0.25, 0.3) is 0 Å². The molecule has 23 heavy (non-hydrogen) atoms. The number of methoxy groups -OCH3 is 2. The fraction of sp³-hybridized carbons (Fsp3) is 0.412. The Morgan fingerprint density at radius 1 is 1.26 bits per heavy atom. The van der Waals surface area contributed by atoms with Crippen molar-refractivity contribution in [2.24, 2.45) is 5.92 Å². The predicted octanol–water partition coefficient (Wildman–Crippen LogP) is 2.54. The van der Waals surface area contributed by atoms with E-state index in [0.717, 1.165) is 12.8 Å². The summed E-state index contributed by atoms with van der Waals surface area (Å²) >= 11 is 0. The van der Waals surface area contributed by atoms with Gasteiger partial charge in [0.15, 0.2) is 6.61 Å². The summed E-state index contributed by atoms with van der Waals surface area (Å²) in [5.41, 5.74) is 0.464. The molecule has 1 aromatic carbocycles. The van der Waals surface area contributed by atoms with Gasteiger partial charge in [-0.2, -0.15) is 0 Å². The molecule has 0 unspecified atom stereocenters. The van der Waals surface area contributed by atoms with Crippen LogP contribution in [0, 0.1) is 5.92 Å². The molecule has 0 fully saturated rings. The van der Waals surface area contributed by atoms with E-state index in [1.54, 1.807) is 18.2 Å². The summed E-state index contributed by atoms with van der Waals surface area (Å²) in [6.07, 6.45) is 6.34. The van der Waals surface area contributed by atoms with Gasteiger partial charge in [0.25, 0.3) is 5.91 Å². The van der Waals surface area contributed by atoms with Crippen molar-refractivity contribution >= 4 is 17.6 Å². The third-order valence-electron chi connectivity index (χ3n) is 3.59. The van der Waals surface area contributed by atoms with Crippen molar-refractivity contribution in [3.8, 4) is 11.5 Å². The molecule has 0 saturated heterocycles. The molecule has 6 nitrogen and oxygen atoms in total. The van der Waals surface area contributed by atoms with Crippen LogP contribution in [-0.2, 0) is 14.3 Å². The lowest BCUT2D eigenvalue weighted by Gasteiger charge is -2.12. The Hall–Kier alpha value is -2.50. The van der Waals surface area contributed by atoms with E-state index >= 15 is 0 Å². The first-order valence-electron chi connectivity index (χ1n) is 7.46. The summed E-state index contributed by atoms with van der Waals surface area (Å²) in [5.74, 6) is 0.526. The molecule has 6 heteroatoms. The van der Waals surface area contributed by atoms with Gasteiger partial charge >= 0.3 is 5.97 Å². The van der Waals surface area contributed by atoms with Crippen LogP contribution in [0.3, 0.4) is 0 Å². The van der Waals surface area contributed by atoms with Gasteiger partial charge in [-0.3, -0.25) is 9.59 Å². The van der Waals surface area contributed by atoms with Crippen LogP contribution in [0.1, 0.15) is 19.3 Å². The molecule has 1 aromatic rings. The molecular weight excluding hydrogens is 298 g/mol. The van der Waals surface area contributed by atoms with E-state index in [2.05, 4.69) is 11.4 Å². The van der Waals surface area contributed by atoms with Gasteiger partial charge in [0.2, 0.25) is 0 Å². The maximum absolute atomic E-state index is 11.9. The number of rotatable bonds is 7. The minimum atomic E-state index is -0.424. The summed E-state index contributed by atoms with van der Waals surface area (Å²) in [5, 5.41) is 2.65. The largest absolute Gasteiger partial charge is 0.497 e. The second-order valence-electron chi connectivity index (χ2n) is 5.24. The summed E-state index contributed by atoms with van der Waals surface area (Å²) in [7, 11) is 3.04. The van der Waals surface area contributed by atoms with Crippen LogP contribution in [0.4, 0.5) is 5.69 Å². The van der Waals surface area contributed by atoms with Crippen molar-refractivity contribution < 1.29 is 23.8 Å². The Bertz CT molecular complexity index is 597. The van der Waals surface area contributed by atoms with E-state index in [4.69, 9.17) is 14.2 Å². The van der Waals surface area contributed by atoms with E-state index in [9.17, 15) is 9.59 Å². The third-order valence-corrected chi connectivity index (χ3v) is 3.59. The highest BCUT2D eigenvalue weighted by atomic mass is 16.5. The molecule has 1 atom stereocenters. The first-order chi connectivity index (χ1) is 11.1. The van der Waals surface area contributed by atoms with E-state index < -0.39 is 5.91 Å². The molecule has 1 N–H and O–H groups in total. The fourth-order valence-corrected chi connectivity index (χ4v) is 2.38. The average Bonchev–Trinajstić information content (AvgIpc) is 3.05. The lowest BCUT2D eigenvalue weighted by Crippen LogP contribution is -2.22. The SMILES string of the molecule is COc1ccc(OC)c(NC(=O)COC(=O)C[C@@H]2C=CCC2)c1. The van der Waals surface area contributed by atoms with Crippen molar-refractivity contribution in [2.75, 3.05) is 26.1 Å². The van der Waals surface area contributed by atoms with Gasteiger partial charge < -0.3 is 19.5 Å². The van der Waals surface area contributed by atoms with Gasteiger partial charge in [0, 0.05) is 6.07 Å². The van der Waals surface area contributed by atoms with E-state index in [1.807, 2.05) is 6.08 Å². The molecular formula is C17H21NO5. The highest BCUT2D eigenvalue weighted by Crippen LogP contribution is 2.28. The number of esters is 1. The van der Waals surface area contributed by atoms with E-state index in [1.165, 1.54) is 14.2 Å². The lowest BCUT2D eigenvalue weighted by molar-refractivity contribution is -0.147. The molecule has 1 aliphatic rings. The molecule has 0 saturated carbocycles. The highest BCUT2D eigenvalue weighted by Gasteiger charge is 2.16. The normalized spacial score (nSPS) is 16.0. The van der Waals surface area contributed by atoms with Crippen LogP contribution in [0.15, 0.2) is 30.4 Å². The molecule has 0 heterocycles. The molecule has 1 aliphatic carbocycles. The van der Waals surface area contributed by atoms with E-state index in [0.29, 0.717) is 23.6 Å². The predicted molar refractivity (Wildman–Crippen MR) is 85.6 cm³/mol. The summed E-state index contributed by atoms with van der Waals surface area (Å²) in [4.78, 5) is 23.6. The number of hydrogen-bond acceptors (Lipinski definition) is 5. The Kier molecular flexibility index (Phi) is 6.02. The topological polar surface area (TPSA) is 73.9 Å². The first-order valence-corrected chi connectivity index (χ1v) is 7.46. The summed E-state index contributed by atoms with van der Waals surface area (Å²) < 4.78 is 15.3. The molecule has 0 radical (unpaired) electrons. The number of carbonyl (C=O) groups is 2. The van der Waals surface area contributed by atoms with Gasteiger partial charge in [-0.25, -0.2) is 0 Å². The number of hydrogen-bond donors (Lipinski definition) is 1. The Morgan fingerprint density at radius 3 is 2.74 bits per heavy atom. The van der Waals surface area contributed by atoms with Gasteiger partial charge in [-0.1, -0.05) is 12.2 Å². The molecule has 0 bridgehead atoms. The third kappa shape index (κ3) is 5.02. The molecule has 1 amide bonds. The van der Waals surface area contributed by atoms with Crippen LogP contribution in [0.5, 0.6) is 11.5 Å². The van der Waals surface area contributed by atoms with Crippen LogP contribution in [-0.4, -0.2) is 32.7 Å². The van der Waals surface area contributed by atoms with Gasteiger partial charge in [-0.15, -0.1) is 0 Å². The second-order valence-corrected chi connectivity index (χ2v) is 5.24. The van der Waals surface area contributed by atoms with Crippen LogP contribution >= 0.6 is 0 Å². The minimum absolute atomic E-state index is 0.226. The van der Waals surface area contributed by atoms with Crippen molar-refractivity contribution in [1.29, 1.82) is 0 Å². The Balaban J connectivity index is 1.84. The van der Waals surface area contributed by atoms with Crippen LogP contribution < -0.4 is 14.8 Å². The standard InChI is InChI=1S/C17H21NO5/c1-21-13-7-8-15(22-2)14(10-13)18-16(19)11-23-17(20)9-12-5-3-4-6-12/h3,5,7-8,10,12H,4,6,9,11H2,1-2H3,(H,18,19)/t12-/m1/s1. The van der Waals surface area contributed by atoms with Crippen molar-refractivity contribution in [3.05, 3.63) is 30.4 Å². The second kappa shape index (κ2) is 8.22. The lowest BCUT2D eigenvalue weighted by atomic mass is 10.1. The minimum Gasteiger partial charge on any atom is -0.497 e. The molecule has 0 aromatic heterocycles. The molecule has 2 rings (SSSR count). The molecule has 124 valence electrons. The average molecular weight is 319 g/mol. The summed E-state index contributed by atoms with van der Waals surface area (Å²) in [6, 6.07) is 5.05. The quantitative estimate of drug-likeness (QED) is 0.617. The highest BCUT2D eigenvalue weighted by molar-refractivity contribution is 5.94. The number of ether oxygens (including phenoxy) is 3. The van der Waals surface area contributed by atoms with Gasteiger partial charge in [0.05, 0.1) is 26.3 Å². The van der Waals surface area contributed by atoms with Gasteiger partial charge in [0.1, 0.15) is 11.5 Å². The zero-order valence-electron chi connectivity index (χ0n) is 13.3. The molecule has 0 aliphatic heterocycles. The zero-order chi connectivity index (χ0) is 16.7. The van der Waals surface area contributed by atoms with E-state index in [-0.39, 0.29) is 18.5 Å². The van der Waals surface area contributed by atoms with Crippen molar-refractivity contribution in [2.45, 2.75) is 19.3 Å². The number of anilines is 1. The maximum atomic E-state index is 11.9. The number of amides is 1. The number of allylic oxidation sites excluding steroid dienone is 2. The Labute approximate surface area is 135 Å². The van der Waals surface area contributed by atoms with Crippen LogP contribution in [0.2, 0.25) is 0 Å². The fourth-order valence-electron chi connectivity index (χ4n) is 2.38. The van der Waals surface area contributed by atoms with Crippen molar-refractivity contribution in [3.63, 3.8) is 0 Å². The number of carbonyl (C=O) groups excluding carboxylic acids is 2.